The first kappa shape index (κ1) is 19.8. The van der Waals surface area contributed by atoms with Crippen LogP contribution in [0, 0.1) is 0 Å². The molecule has 0 bridgehead atoms. The predicted molar refractivity (Wildman–Crippen MR) is 103 cm³/mol. The molecule has 0 saturated heterocycles. The van der Waals surface area contributed by atoms with E-state index in [2.05, 4.69) is 5.32 Å². The molecule has 1 aromatic carbocycles. The van der Waals surface area contributed by atoms with Gasteiger partial charge in [-0.05, 0) is 24.6 Å². The molecule has 0 radical (unpaired) electrons. The van der Waals surface area contributed by atoms with Crippen LogP contribution in [0.2, 0.25) is 0 Å². The predicted octanol–water partition coefficient (Wildman–Crippen LogP) is 1.92. The third-order valence-corrected chi connectivity index (χ3v) is 5.11. The smallest absolute Gasteiger partial charge is 0.408 e. The number of hydrogen-bond acceptors (Lipinski definition) is 6. The lowest BCUT2D eigenvalue weighted by Gasteiger charge is -2.25. The Morgan fingerprint density at radius 1 is 1.18 bits per heavy atom. The minimum absolute atomic E-state index is 0.104. The molecule has 9 heteroatoms. The molecule has 1 N–H and O–H groups in total. The van der Waals surface area contributed by atoms with Crippen molar-refractivity contribution in [2.45, 2.75) is 24.6 Å². The van der Waals surface area contributed by atoms with Crippen molar-refractivity contribution in [3.63, 3.8) is 0 Å². The fourth-order valence-corrected chi connectivity index (χ4v) is 3.72. The Balaban J connectivity index is 1.66. The molecule has 0 saturated carbocycles. The molecule has 2 aromatic rings. The van der Waals surface area contributed by atoms with E-state index in [1.54, 1.807) is 23.9 Å². The largest absolute Gasteiger partial charge is 0.465 e. The summed E-state index contributed by atoms with van der Waals surface area (Å²) in [6.45, 7) is 1.78. The van der Waals surface area contributed by atoms with Crippen LogP contribution in [-0.2, 0) is 25.7 Å². The number of amides is 2. The number of hydrogen-bond donors (Lipinski definition) is 1. The number of thioether (sulfide) groups is 1. The van der Waals surface area contributed by atoms with Gasteiger partial charge in [-0.2, -0.15) is 0 Å². The molecule has 0 fully saturated rings. The maximum atomic E-state index is 13.0. The second-order valence-electron chi connectivity index (χ2n) is 5.96. The zero-order valence-electron chi connectivity index (χ0n) is 15.4. The Labute approximate surface area is 166 Å². The summed E-state index contributed by atoms with van der Waals surface area (Å²) in [7, 11) is 0. The molecule has 0 spiro atoms. The molecule has 28 heavy (non-hydrogen) atoms. The number of aromatic nitrogens is 1. The molecule has 3 rings (SSSR count). The van der Waals surface area contributed by atoms with Gasteiger partial charge < -0.3 is 14.8 Å². The van der Waals surface area contributed by atoms with Crippen LogP contribution in [-0.4, -0.2) is 47.6 Å². The van der Waals surface area contributed by atoms with E-state index in [0.717, 1.165) is 10.6 Å². The van der Waals surface area contributed by atoms with Crippen LogP contribution in [0.5, 0.6) is 0 Å². The molecule has 1 atom stereocenters. The zero-order chi connectivity index (χ0) is 19.9. The monoisotopic (exact) mass is 403 g/mol. The van der Waals surface area contributed by atoms with Gasteiger partial charge in [-0.3, -0.25) is 14.3 Å². The number of carbonyl (C=O) groups excluding carboxylic acids is 3. The Kier molecular flexibility index (Phi) is 6.59. The molecule has 2 heterocycles. The van der Waals surface area contributed by atoms with Crippen LogP contribution in [0.1, 0.15) is 12.5 Å². The second-order valence-corrected chi connectivity index (χ2v) is 7.00. The minimum atomic E-state index is -0.831. The SMILES string of the molecule is CCOC(=O)CN1C(=O)C(NC(=O)OCc2ccccc2)CSc2cccn21. The van der Waals surface area contributed by atoms with Crippen molar-refractivity contribution < 1.29 is 23.9 Å². The minimum Gasteiger partial charge on any atom is -0.465 e. The summed E-state index contributed by atoms with van der Waals surface area (Å²) in [6.07, 6.45) is 1.00. The highest BCUT2D eigenvalue weighted by atomic mass is 32.2. The van der Waals surface area contributed by atoms with Gasteiger partial charge in [-0.25, -0.2) is 9.80 Å². The van der Waals surface area contributed by atoms with E-state index in [9.17, 15) is 14.4 Å². The lowest BCUT2D eigenvalue weighted by molar-refractivity contribution is -0.143. The van der Waals surface area contributed by atoms with Crippen molar-refractivity contribution in [3.8, 4) is 0 Å². The fraction of sp³-hybridized carbons (Fsp3) is 0.316. The summed E-state index contributed by atoms with van der Waals surface area (Å²) in [5.74, 6) is -0.609. The standard InChI is InChI=1S/C19H21N3O5S/c1-2-26-17(23)11-22-18(24)15(13-28-16-9-6-10-21(16)22)20-19(25)27-12-14-7-4-3-5-8-14/h3-10,15H,2,11-13H2,1H3,(H,20,25). The summed E-state index contributed by atoms with van der Waals surface area (Å²) in [5.41, 5.74) is 0.846. The number of rotatable bonds is 6. The highest BCUT2D eigenvalue weighted by molar-refractivity contribution is 7.99. The van der Waals surface area contributed by atoms with E-state index in [0.29, 0.717) is 5.75 Å². The quantitative estimate of drug-likeness (QED) is 0.741. The van der Waals surface area contributed by atoms with Gasteiger partial charge >= 0.3 is 12.1 Å². The van der Waals surface area contributed by atoms with E-state index in [-0.39, 0.29) is 19.8 Å². The molecule has 1 aliphatic rings. The van der Waals surface area contributed by atoms with E-state index in [1.807, 2.05) is 36.4 Å². The first-order chi connectivity index (χ1) is 13.6. The number of benzene rings is 1. The average Bonchev–Trinajstić information content (AvgIpc) is 3.12. The van der Waals surface area contributed by atoms with Crippen LogP contribution < -0.4 is 10.3 Å². The zero-order valence-corrected chi connectivity index (χ0v) is 16.2. The van der Waals surface area contributed by atoms with Gasteiger partial charge in [0.25, 0.3) is 5.91 Å². The van der Waals surface area contributed by atoms with Gasteiger partial charge in [-0.1, -0.05) is 30.3 Å². The number of carbonyl (C=O) groups is 3. The highest BCUT2D eigenvalue weighted by Gasteiger charge is 2.33. The molecular weight excluding hydrogens is 382 g/mol. The Bertz CT molecular complexity index is 839. The first-order valence-electron chi connectivity index (χ1n) is 8.83. The number of fused-ring (bicyclic) bond motifs is 1. The van der Waals surface area contributed by atoms with E-state index in [4.69, 9.17) is 9.47 Å². The van der Waals surface area contributed by atoms with Gasteiger partial charge in [-0.15, -0.1) is 11.8 Å². The lowest BCUT2D eigenvalue weighted by atomic mass is 10.2. The maximum Gasteiger partial charge on any atom is 0.408 e. The highest BCUT2D eigenvalue weighted by Crippen LogP contribution is 2.24. The van der Waals surface area contributed by atoms with Crippen molar-refractivity contribution in [1.82, 2.24) is 9.99 Å². The molecule has 8 nitrogen and oxygen atoms in total. The van der Waals surface area contributed by atoms with Crippen molar-refractivity contribution in [1.29, 1.82) is 0 Å². The van der Waals surface area contributed by atoms with Gasteiger partial charge in [0.15, 0.2) is 0 Å². The van der Waals surface area contributed by atoms with Crippen LogP contribution in [0.3, 0.4) is 0 Å². The van der Waals surface area contributed by atoms with Gasteiger partial charge in [0, 0.05) is 11.9 Å². The Hall–Kier alpha value is -2.94. The van der Waals surface area contributed by atoms with Crippen LogP contribution in [0.15, 0.2) is 53.7 Å². The number of alkyl carbamates (subject to hydrolysis) is 1. The maximum absolute atomic E-state index is 13.0. The second kappa shape index (κ2) is 9.32. The summed E-state index contributed by atoms with van der Waals surface area (Å²) in [6, 6.07) is 12.1. The van der Waals surface area contributed by atoms with E-state index < -0.39 is 24.0 Å². The van der Waals surface area contributed by atoms with Crippen molar-refractivity contribution in [2.24, 2.45) is 0 Å². The number of esters is 1. The normalized spacial score (nSPS) is 16.1. The molecule has 1 aromatic heterocycles. The summed E-state index contributed by atoms with van der Waals surface area (Å²) in [5, 5.41) is 4.66. The molecule has 2 amide bonds. The van der Waals surface area contributed by atoms with Gasteiger partial charge in [0.05, 0.1) is 11.6 Å². The number of nitrogens with zero attached hydrogens (tertiary/aromatic N) is 2. The van der Waals surface area contributed by atoms with Gasteiger partial charge in [0.2, 0.25) is 0 Å². The average molecular weight is 403 g/mol. The van der Waals surface area contributed by atoms with Gasteiger partial charge in [0.1, 0.15) is 19.2 Å². The summed E-state index contributed by atoms with van der Waals surface area (Å²) >= 11 is 1.41. The number of ether oxygens (including phenoxy) is 2. The Morgan fingerprint density at radius 2 is 1.96 bits per heavy atom. The van der Waals surface area contributed by atoms with E-state index in [1.165, 1.54) is 16.8 Å². The topological polar surface area (TPSA) is 89.9 Å². The number of nitrogens with one attached hydrogen (secondary N) is 1. The Morgan fingerprint density at radius 3 is 2.71 bits per heavy atom. The van der Waals surface area contributed by atoms with Crippen molar-refractivity contribution in [3.05, 3.63) is 54.2 Å². The molecule has 1 aliphatic heterocycles. The van der Waals surface area contributed by atoms with E-state index >= 15 is 0 Å². The fourth-order valence-electron chi connectivity index (χ4n) is 2.69. The molecular formula is C19H21N3O5S. The molecule has 148 valence electrons. The van der Waals surface area contributed by atoms with Crippen LogP contribution >= 0.6 is 11.8 Å². The van der Waals surface area contributed by atoms with Crippen molar-refractivity contribution >= 4 is 29.7 Å². The third-order valence-electron chi connectivity index (χ3n) is 3.99. The summed E-state index contributed by atoms with van der Waals surface area (Å²) < 4.78 is 11.8. The summed E-state index contributed by atoms with van der Waals surface area (Å²) in [4.78, 5) is 37.1. The van der Waals surface area contributed by atoms with Crippen LogP contribution in [0.4, 0.5) is 4.79 Å². The lowest BCUT2D eigenvalue weighted by Crippen LogP contribution is -2.54. The molecule has 1 unspecified atom stereocenters. The molecule has 0 aliphatic carbocycles. The van der Waals surface area contributed by atoms with Crippen LogP contribution in [0.25, 0.3) is 0 Å². The van der Waals surface area contributed by atoms with Crippen molar-refractivity contribution in [2.75, 3.05) is 23.9 Å². The first-order valence-corrected chi connectivity index (χ1v) is 9.81. The third kappa shape index (κ3) is 4.86.